The summed E-state index contributed by atoms with van der Waals surface area (Å²) in [5, 5.41) is 12.3. The molecule has 0 aliphatic rings. The van der Waals surface area contributed by atoms with Gasteiger partial charge in [-0.1, -0.05) is 18.0 Å². The summed E-state index contributed by atoms with van der Waals surface area (Å²) in [5.74, 6) is -0.913. The van der Waals surface area contributed by atoms with Gasteiger partial charge in [0.05, 0.1) is 18.6 Å². The normalized spacial score (nSPS) is 12.4. The number of amides is 1. The third-order valence-electron chi connectivity index (χ3n) is 3.50. The fourth-order valence-electron chi connectivity index (χ4n) is 2.05. The molecular weight excluding hydrogens is 384 g/mol. The lowest BCUT2D eigenvalue weighted by molar-refractivity contribution is -0.140. The van der Waals surface area contributed by atoms with Crippen molar-refractivity contribution in [2.24, 2.45) is 0 Å². The first-order valence-corrected chi connectivity index (χ1v) is 9.89. The molecule has 0 radical (unpaired) electrons. The molecule has 0 saturated carbocycles. The van der Waals surface area contributed by atoms with Crippen LogP contribution in [0.15, 0.2) is 29.2 Å². The van der Waals surface area contributed by atoms with E-state index in [9.17, 15) is 23.1 Å². The molecule has 3 N–H and O–H groups in total. The van der Waals surface area contributed by atoms with E-state index in [1.165, 1.54) is 31.4 Å². The molecule has 0 aromatic heterocycles. The lowest BCUT2D eigenvalue weighted by atomic mass is 10.2. The summed E-state index contributed by atoms with van der Waals surface area (Å²) < 4.78 is 31.2. The predicted octanol–water partition coefficient (Wildman–Crippen LogP) is 0.829. The van der Waals surface area contributed by atoms with E-state index >= 15 is 0 Å². The zero-order valence-corrected chi connectivity index (χ0v) is 16.0. The summed E-state index contributed by atoms with van der Waals surface area (Å²) in [6, 6.07) is 4.14. The van der Waals surface area contributed by atoms with Crippen molar-refractivity contribution in [3.05, 3.63) is 29.3 Å². The molecule has 1 unspecified atom stereocenters. The Kier molecular flexibility index (Phi) is 9.57. The number of carbonyl (C=O) groups is 2. The SMILES string of the molecule is COC(=O)CCCCCNC(=O)C(CO)NS(=O)(=O)c1ccc(Cl)cc1. The van der Waals surface area contributed by atoms with Crippen LogP contribution in [0.3, 0.4) is 0 Å². The number of nitrogens with one attached hydrogen (secondary N) is 2. The van der Waals surface area contributed by atoms with Gasteiger partial charge in [0.1, 0.15) is 6.04 Å². The third kappa shape index (κ3) is 7.69. The van der Waals surface area contributed by atoms with E-state index in [0.29, 0.717) is 37.3 Å². The minimum Gasteiger partial charge on any atom is -0.469 e. The molecule has 0 aliphatic carbocycles. The first kappa shape index (κ1) is 22.4. The summed E-state index contributed by atoms with van der Waals surface area (Å²) in [4.78, 5) is 22.9. The lowest BCUT2D eigenvalue weighted by Gasteiger charge is -2.16. The average Bonchev–Trinajstić information content (AvgIpc) is 2.62. The highest BCUT2D eigenvalue weighted by Gasteiger charge is 2.24. The smallest absolute Gasteiger partial charge is 0.305 e. The molecule has 1 atom stereocenters. The topological polar surface area (TPSA) is 122 Å². The van der Waals surface area contributed by atoms with Crippen LogP contribution in [0.1, 0.15) is 25.7 Å². The van der Waals surface area contributed by atoms with Gasteiger partial charge in [0, 0.05) is 18.0 Å². The first-order valence-electron chi connectivity index (χ1n) is 8.03. The molecule has 0 heterocycles. The standard InChI is InChI=1S/C16H23ClN2O6S/c1-25-15(21)5-3-2-4-10-18-16(22)14(11-20)19-26(23,24)13-8-6-12(17)7-9-13/h6-9,14,19-20H,2-5,10-11H2,1H3,(H,18,22). The molecule has 0 bridgehead atoms. The maximum Gasteiger partial charge on any atom is 0.305 e. The number of aliphatic hydroxyl groups is 1. The highest BCUT2D eigenvalue weighted by atomic mass is 35.5. The second-order valence-electron chi connectivity index (χ2n) is 5.49. The van der Waals surface area contributed by atoms with Crippen LogP contribution in [0.25, 0.3) is 0 Å². The Morgan fingerprint density at radius 3 is 2.42 bits per heavy atom. The van der Waals surface area contributed by atoms with Crippen molar-refractivity contribution in [3.63, 3.8) is 0 Å². The Morgan fingerprint density at radius 1 is 1.19 bits per heavy atom. The summed E-state index contributed by atoms with van der Waals surface area (Å²) in [5.41, 5.74) is 0. The molecule has 8 nitrogen and oxygen atoms in total. The highest BCUT2D eigenvalue weighted by molar-refractivity contribution is 7.89. The molecule has 0 spiro atoms. The highest BCUT2D eigenvalue weighted by Crippen LogP contribution is 2.14. The van der Waals surface area contributed by atoms with Crippen LogP contribution in [0, 0.1) is 0 Å². The van der Waals surface area contributed by atoms with Gasteiger partial charge in [0.25, 0.3) is 0 Å². The van der Waals surface area contributed by atoms with Crippen molar-refractivity contribution < 1.29 is 27.9 Å². The first-order chi connectivity index (χ1) is 12.3. The van der Waals surface area contributed by atoms with Gasteiger partial charge in [-0.15, -0.1) is 0 Å². The predicted molar refractivity (Wildman–Crippen MR) is 96.1 cm³/mol. The molecule has 146 valence electrons. The Bertz CT molecular complexity index is 693. The Labute approximate surface area is 157 Å². The van der Waals surface area contributed by atoms with Crippen LogP contribution in [-0.4, -0.2) is 51.7 Å². The van der Waals surface area contributed by atoms with Crippen LogP contribution in [0.2, 0.25) is 5.02 Å². The number of sulfonamides is 1. The number of rotatable bonds is 11. The van der Waals surface area contributed by atoms with Gasteiger partial charge in [-0.2, -0.15) is 4.72 Å². The van der Waals surface area contributed by atoms with Crippen molar-refractivity contribution in [1.29, 1.82) is 0 Å². The second kappa shape index (κ2) is 11.1. The summed E-state index contributed by atoms with van der Waals surface area (Å²) >= 11 is 5.72. The number of halogens is 1. The van der Waals surface area contributed by atoms with E-state index in [2.05, 4.69) is 14.8 Å². The van der Waals surface area contributed by atoms with Crippen LogP contribution < -0.4 is 10.0 Å². The lowest BCUT2D eigenvalue weighted by Crippen LogP contribution is -2.49. The van der Waals surface area contributed by atoms with Crippen molar-refractivity contribution in [1.82, 2.24) is 10.0 Å². The van der Waals surface area contributed by atoms with E-state index in [4.69, 9.17) is 11.6 Å². The molecule has 0 saturated heterocycles. The molecule has 0 aliphatic heterocycles. The van der Waals surface area contributed by atoms with Crippen molar-refractivity contribution in [2.45, 2.75) is 36.6 Å². The Hall–Kier alpha value is -1.68. The molecule has 0 fully saturated rings. The summed E-state index contributed by atoms with van der Waals surface area (Å²) in [6.07, 6.45) is 2.26. The molecule has 1 aromatic rings. The van der Waals surface area contributed by atoms with Crippen LogP contribution in [0.4, 0.5) is 0 Å². The van der Waals surface area contributed by atoms with E-state index in [-0.39, 0.29) is 10.9 Å². The van der Waals surface area contributed by atoms with Crippen LogP contribution in [0.5, 0.6) is 0 Å². The minimum atomic E-state index is -3.97. The van der Waals surface area contributed by atoms with Gasteiger partial charge in [-0.05, 0) is 37.1 Å². The Morgan fingerprint density at radius 2 is 1.85 bits per heavy atom. The fraction of sp³-hybridized carbons (Fsp3) is 0.500. The van der Waals surface area contributed by atoms with Gasteiger partial charge in [-0.3, -0.25) is 9.59 Å². The fourth-order valence-corrected chi connectivity index (χ4v) is 3.36. The summed E-state index contributed by atoms with van der Waals surface area (Å²) in [7, 11) is -2.64. The zero-order chi connectivity index (χ0) is 19.6. The molecule has 10 heteroatoms. The van der Waals surface area contributed by atoms with Gasteiger partial charge in [0.15, 0.2) is 0 Å². The number of carbonyl (C=O) groups excluding carboxylic acids is 2. The van der Waals surface area contributed by atoms with E-state index in [1.54, 1.807) is 0 Å². The molecule has 1 rings (SSSR count). The van der Waals surface area contributed by atoms with Crippen LogP contribution in [-0.2, 0) is 24.3 Å². The number of unbranched alkanes of at least 4 members (excludes halogenated alkanes) is 2. The number of hydrogen-bond donors (Lipinski definition) is 3. The maximum absolute atomic E-state index is 12.2. The Balaban J connectivity index is 2.45. The van der Waals surface area contributed by atoms with E-state index < -0.39 is 28.6 Å². The molecule has 26 heavy (non-hydrogen) atoms. The number of benzene rings is 1. The second-order valence-corrected chi connectivity index (χ2v) is 7.64. The minimum absolute atomic E-state index is 0.0593. The number of hydrogen-bond acceptors (Lipinski definition) is 6. The zero-order valence-electron chi connectivity index (χ0n) is 14.4. The molecule has 1 aromatic carbocycles. The van der Waals surface area contributed by atoms with Gasteiger partial charge >= 0.3 is 5.97 Å². The average molecular weight is 407 g/mol. The van der Waals surface area contributed by atoms with Gasteiger partial charge in [-0.25, -0.2) is 8.42 Å². The van der Waals surface area contributed by atoms with Crippen molar-refractivity contribution in [3.8, 4) is 0 Å². The molecular formula is C16H23ClN2O6S. The van der Waals surface area contributed by atoms with Crippen LogP contribution >= 0.6 is 11.6 Å². The number of esters is 1. The van der Waals surface area contributed by atoms with Gasteiger partial charge < -0.3 is 15.2 Å². The van der Waals surface area contributed by atoms with E-state index in [0.717, 1.165) is 0 Å². The number of methoxy groups -OCH3 is 1. The van der Waals surface area contributed by atoms with Crippen molar-refractivity contribution >= 4 is 33.5 Å². The number of ether oxygens (including phenoxy) is 1. The van der Waals surface area contributed by atoms with Crippen molar-refractivity contribution in [2.75, 3.05) is 20.3 Å². The maximum atomic E-state index is 12.2. The largest absolute Gasteiger partial charge is 0.469 e. The third-order valence-corrected chi connectivity index (χ3v) is 5.24. The monoisotopic (exact) mass is 406 g/mol. The van der Waals surface area contributed by atoms with Gasteiger partial charge in [0.2, 0.25) is 15.9 Å². The molecule has 1 amide bonds. The quantitative estimate of drug-likeness (QED) is 0.369. The summed E-state index contributed by atoms with van der Waals surface area (Å²) in [6.45, 7) is -0.375. The number of aliphatic hydroxyl groups excluding tert-OH is 1. The van der Waals surface area contributed by atoms with E-state index in [1.807, 2.05) is 0 Å².